The average molecular weight is 306 g/mol. The second kappa shape index (κ2) is 6.28. The molecule has 4 rings (SSSR count). The van der Waals surface area contributed by atoms with Crippen LogP contribution in [-0.4, -0.2) is 47.4 Å². The number of fused-ring (bicyclic) bond motifs is 3. The van der Waals surface area contributed by atoms with Crippen LogP contribution < -0.4 is 5.32 Å². The highest BCUT2D eigenvalue weighted by Crippen LogP contribution is 2.33. The van der Waals surface area contributed by atoms with Gasteiger partial charge < -0.3 is 15.3 Å². The minimum atomic E-state index is -0.838. The van der Waals surface area contributed by atoms with Gasteiger partial charge in [-0.25, -0.2) is 4.79 Å². The van der Waals surface area contributed by atoms with Crippen molar-refractivity contribution in [1.82, 2.24) is 4.90 Å². The predicted molar refractivity (Wildman–Crippen MR) is 86.4 cm³/mol. The van der Waals surface area contributed by atoms with E-state index in [2.05, 4.69) is 10.2 Å². The van der Waals surface area contributed by atoms with Crippen molar-refractivity contribution in [1.29, 1.82) is 0 Å². The monoisotopic (exact) mass is 306 g/mol. The van der Waals surface area contributed by atoms with Crippen LogP contribution in [0.4, 0.5) is 5.69 Å². The van der Waals surface area contributed by atoms with Gasteiger partial charge in [-0.2, -0.15) is 0 Å². The molecule has 1 aromatic carbocycles. The number of piperidine rings is 3. The third-order valence-electron chi connectivity index (χ3n) is 4.54. The maximum absolute atomic E-state index is 11.7. The zero-order valence-electron chi connectivity index (χ0n) is 12.3. The number of rotatable bonds is 5. The quantitative estimate of drug-likeness (QED) is 0.819. The minimum absolute atomic E-state index is 0.382. The molecule has 3 saturated heterocycles. The molecule has 4 nitrogen and oxygen atoms in total. The van der Waals surface area contributed by atoms with Crippen LogP contribution in [-0.2, 0) is 0 Å². The molecule has 0 aliphatic carbocycles. The summed E-state index contributed by atoms with van der Waals surface area (Å²) in [5.41, 5.74) is 1.21. The molecule has 3 fully saturated rings. The lowest BCUT2D eigenvalue weighted by Gasteiger charge is -2.45. The van der Waals surface area contributed by atoms with Crippen LogP contribution in [0.3, 0.4) is 0 Å². The molecule has 1 unspecified atom stereocenters. The van der Waals surface area contributed by atoms with Crippen molar-refractivity contribution in [3.8, 4) is 0 Å². The smallest absolute Gasteiger partial charge is 0.338 e. The van der Waals surface area contributed by atoms with Crippen molar-refractivity contribution >= 4 is 23.4 Å². The highest BCUT2D eigenvalue weighted by molar-refractivity contribution is 7.99. The summed E-state index contributed by atoms with van der Waals surface area (Å²) in [5.74, 6) is 0.721. The van der Waals surface area contributed by atoms with Crippen LogP contribution in [0.15, 0.2) is 23.1 Å². The van der Waals surface area contributed by atoms with Crippen LogP contribution in [0.5, 0.6) is 0 Å². The van der Waals surface area contributed by atoms with E-state index in [1.807, 2.05) is 25.1 Å². The molecular weight excluding hydrogens is 284 g/mol. The molecule has 1 atom stereocenters. The lowest BCUT2D eigenvalue weighted by atomic mass is 9.84. The summed E-state index contributed by atoms with van der Waals surface area (Å²) >= 11 is 1.59. The number of nitrogens with one attached hydrogen (secondary N) is 1. The van der Waals surface area contributed by atoms with Crippen LogP contribution in [0, 0.1) is 5.92 Å². The van der Waals surface area contributed by atoms with E-state index in [1.54, 1.807) is 11.8 Å². The van der Waals surface area contributed by atoms with Gasteiger partial charge in [-0.15, -0.1) is 11.8 Å². The molecule has 0 radical (unpaired) electrons. The molecule has 0 aromatic heterocycles. The van der Waals surface area contributed by atoms with E-state index >= 15 is 0 Å². The zero-order chi connectivity index (χ0) is 14.8. The number of benzene rings is 1. The second-order valence-electron chi connectivity index (χ2n) is 5.81. The molecule has 5 heteroatoms. The van der Waals surface area contributed by atoms with Gasteiger partial charge in [0.25, 0.3) is 0 Å². The van der Waals surface area contributed by atoms with Crippen LogP contribution in [0.25, 0.3) is 0 Å². The van der Waals surface area contributed by atoms with E-state index in [0.29, 0.717) is 17.5 Å². The average Bonchev–Trinajstić information content (AvgIpc) is 2.48. The minimum Gasteiger partial charge on any atom is -0.478 e. The van der Waals surface area contributed by atoms with Crippen molar-refractivity contribution in [3.05, 3.63) is 23.8 Å². The summed E-state index contributed by atoms with van der Waals surface area (Å²) in [6.07, 6.45) is 2.45. The fourth-order valence-electron chi connectivity index (χ4n) is 3.48. The Morgan fingerprint density at radius 3 is 2.76 bits per heavy atom. The van der Waals surface area contributed by atoms with Crippen molar-refractivity contribution in [2.24, 2.45) is 5.92 Å². The van der Waals surface area contributed by atoms with E-state index in [4.69, 9.17) is 0 Å². The van der Waals surface area contributed by atoms with Gasteiger partial charge in [0, 0.05) is 17.5 Å². The Kier molecular flexibility index (Phi) is 4.40. The maximum atomic E-state index is 11.7. The number of hydrogen-bond acceptors (Lipinski definition) is 4. The number of carbonyl (C=O) groups is 1. The van der Waals surface area contributed by atoms with Gasteiger partial charge in [0.15, 0.2) is 0 Å². The molecule has 0 saturated carbocycles. The highest BCUT2D eigenvalue weighted by atomic mass is 32.2. The highest BCUT2D eigenvalue weighted by Gasteiger charge is 2.34. The fourth-order valence-corrected chi connectivity index (χ4v) is 4.30. The summed E-state index contributed by atoms with van der Waals surface area (Å²) in [5, 5.41) is 13.1. The van der Waals surface area contributed by atoms with Crippen LogP contribution >= 0.6 is 11.8 Å². The molecule has 3 heterocycles. The van der Waals surface area contributed by atoms with Gasteiger partial charge in [-0.3, -0.25) is 0 Å². The Bertz CT molecular complexity index is 527. The molecule has 114 valence electrons. The van der Waals surface area contributed by atoms with Gasteiger partial charge in [0.2, 0.25) is 0 Å². The Morgan fingerprint density at radius 1 is 1.43 bits per heavy atom. The molecule has 0 spiro atoms. The van der Waals surface area contributed by atoms with Gasteiger partial charge in [-0.05, 0) is 49.7 Å². The molecule has 3 aliphatic heterocycles. The van der Waals surface area contributed by atoms with Crippen LogP contribution in [0.2, 0.25) is 0 Å². The van der Waals surface area contributed by atoms with E-state index in [1.165, 1.54) is 25.9 Å². The Balaban J connectivity index is 1.84. The largest absolute Gasteiger partial charge is 0.478 e. The lowest BCUT2D eigenvalue weighted by Crippen LogP contribution is -2.53. The number of thioether (sulfide) groups is 1. The number of hydrogen-bond donors (Lipinski definition) is 2. The third kappa shape index (κ3) is 3.04. The predicted octanol–water partition coefficient (Wildman–Crippen LogP) is 3.00. The van der Waals surface area contributed by atoms with Crippen molar-refractivity contribution in [2.75, 3.05) is 30.7 Å². The van der Waals surface area contributed by atoms with Gasteiger partial charge in [-0.1, -0.05) is 13.0 Å². The molecule has 2 N–H and O–H groups in total. The van der Waals surface area contributed by atoms with Gasteiger partial charge in [0.05, 0.1) is 11.3 Å². The lowest BCUT2D eigenvalue weighted by molar-refractivity contribution is 0.0693. The third-order valence-corrected chi connectivity index (χ3v) is 5.48. The summed E-state index contributed by atoms with van der Waals surface area (Å²) in [6.45, 7) is 5.47. The first-order chi connectivity index (χ1) is 10.2. The normalized spacial score (nSPS) is 27.6. The zero-order valence-corrected chi connectivity index (χ0v) is 13.2. The first kappa shape index (κ1) is 14.7. The molecule has 21 heavy (non-hydrogen) atoms. The first-order valence-corrected chi connectivity index (χ1v) is 8.65. The topological polar surface area (TPSA) is 52.6 Å². The summed E-state index contributed by atoms with van der Waals surface area (Å²) in [4.78, 5) is 15.0. The second-order valence-corrected chi connectivity index (χ2v) is 7.11. The number of aromatic carboxylic acids is 1. The maximum Gasteiger partial charge on any atom is 0.338 e. The molecule has 3 aliphatic rings. The van der Waals surface area contributed by atoms with E-state index in [9.17, 15) is 9.90 Å². The van der Waals surface area contributed by atoms with Gasteiger partial charge in [0.1, 0.15) is 0 Å². The molecule has 0 amide bonds. The standard InChI is InChI=1S/C16H22N2O2S/c1-2-21-14-5-3-4-12(15(14)16(19)20)17-13-10-18-8-6-11(13)7-9-18/h3-5,11,13,17H,2,6-10H2,1H3,(H,19,20). The van der Waals surface area contributed by atoms with Crippen molar-refractivity contribution in [2.45, 2.75) is 30.7 Å². The Labute approximate surface area is 129 Å². The molecule has 2 bridgehead atoms. The molecular formula is C16H22N2O2S. The van der Waals surface area contributed by atoms with Crippen LogP contribution in [0.1, 0.15) is 30.1 Å². The molecule has 1 aromatic rings. The van der Waals surface area contributed by atoms with E-state index in [0.717, 1.165) is 22.9 Å². The van der Waals surface area contributed by atoms with Crippen molar-refractivity contribution in [3.63, 3.8) is 0 Å². The SMILES string of the molecule is CCSc1cccc(NC2CN3CCC2CC3)c1C(=O)O. The summed E-state index contributed by atoms with van der Waals surface area (Å²) in [7, 11) is 0. The Morgan fingerprint density at radius 2 is 2.19 bits per heavy atom. The Hall–Kier alpha value is -1.20. The van der Waals surface area contributed by atoms with Crippen molar-refractivity contribution < 1.29 is 9.90 Å². The fraction of sp³-hybridized carbons (Fsp3) is 0.562. The van der Waals surface area contributed by atoms with E-state index < -0.39 is 5.97 Å². The number of anilines is 1. The summed E-state index contributed by atoms with van der Waals surface area (Å²) in [6, 6.07) is 6.14. The van der Waals surface area contributed by atoms with E-state index in [-0.39, 0.29) is 0 Å². The van der Waals surface area contributed by atoms with Gasteiger partial charge >= 0.3 is 5.97 Å². The number of carboxylic acids is 1. The summed E-state index contributed by atoms with van der Waals surface area (Å²) < 4.78 is 0. The first-order valence-electron chi connectivity index (χ1n) is 7.67. The number of carboxylic acid groups (broad SMARTS) is 1. The number of nitrogens with zero attached hydrogens (tertiary/aromatic N) is 1.